The smallest absolute Gasteiger partial charge is 0.357 e. The topological polar surface area (TPSA) is 52.3 Å². The lowest BCUT2D eigenvalue weighted by molar-refractivity contribution is 0.0594. The number of esters is 1. The molecule has 0 saturated carbocycles. The van der Waals surface area contributed by atoms with Crippen molar-refractivity contribution in [3.05, 3.63) is 29.0 Å². The van der Waals surface area contributed by atoms with E-state index in [0.29, 0.717) is 16.5 Å². The molecule has 0 spiro atoms. The lowest BCUT2D eigenvalue weighted by atomic mass is 10.4. The van der Waals surface area contributed by atoms with Crippen LogP contribution in [0.25, 0.3) is 10.8 Å². The fourth-order valence-corrected chi connectivity index (χ4v) is 2.06. The van der Waals surface area contributed by atoms with E-state index < -0.39 is 5.97 Å². The summed E-state index contributed by atoms with van der Waals surface area (Å²) in [5.41, 5.74) is 0.355. The minimum Gasteiger partial charge on any atom is -0.464 e. The van der Waals surface area contributed by atoms with Crippen molar-refractivity contribution in [1.82, 2.24) is 4.98 Å². The molecule has 0 atom stereocenters. The second-order valence-corrected chi connectivity index (χ2v) is 4.10. The van der Waals surface area contributed by atoms with Gasteiger partial charge in [0.25, 0.3) is 0 Å². The number of methoxy groups -OCH3 is 1. The van der Waals surface area contributed by atoms with E-state index >= 15 is 0 Å². The maximum absolute atomic E-state index is 11.3. The molecule has 0 unspecified atom stereocenters. The lowest BCUT2D eigenvalue weighted by Gasteiger charge is -1.93. The summed E-state index contributed by atoms with van der Waals surface area (Å²) in [5, 5.41) is 0.693. The Morgan fingerprint density at radius 1 is 1.60 bits per heavy atom. The molecule has 0 aliphatic heterocycles. The van der Waals surface area contributed by atoms with Gasteiger partial charge in [0.15, 0.2) is 16.5 Å². The fraction of sp³-hybridized carbons (Fsp3) is 0.200. The summed E-state index contributed by atoms with van der Waals surface area (Å²) in [6, 6.07) is 3.59. The number of carbonyl (C=O) groups excluding carboxylic acids is 1. The van der Waals surface area contributed by atoms with Gasteiger partial charge in [-0.15, -0.1) is 11.3 Å². The number of thiazole rings is 1. The molecule has 0 amide bonds. The van der Waals surface area contributed by atoms with Crippen LogP contribution in [0.15, 0.2) is 22.8 Å². The SMILES string of the molecule is COC(=O)c1nc(-c2ccco2)sc1C. The van der Waals surface area contributed by atoms with Gasteiger partial charge in [-0.2, -0.15) is 0 Å². The first-order valence-electron chi connectivity index (χ1n) is 4.32. The van der Waals surface area contributed by atoms with Crippen molar-refractivity contribution in [3.8, 4) is 10.8 Å². The fourth-order valence-electron chi connectivity index (χ4n) is 1.19. The summed E-state index contributed by atoms with van der Waals surface area (Å²) >= 11 is 1.41. The van der Waals surface area contributed by atoms with Gasteiger partial charge in [0.05, 0.1) is 13.4 Å². The van der Waals surface area contributed by atoms with E-state index in [4.69, 9.17) is 4.42 Å². The van der Waals surface area contributed by atoms with Crippen LogP contribution >= 0.6 is 11.3 Å². The van der Waals surface area contributed by atoms with Gasteiger partial charge in [-0.3, -0.25) is 0 Å². The highest BCUT2D eigenvalue weighted by atomic mass is 32.1. The Kier molecular flexibility index (Phi) is 2.55. The van der Waals surface area contributed by atoms with Gasteiger partial charge >= 0.3 is 5.97 Å². The molecule has 2 rings (SSSR count). The minimum absolute atomic E-state index is 0.355. The molecule has 0 aliphatic rings. The maximum atomic E-state index is 11.3. The number of furan rings is 1. The lowest BCUT2D eigenvalue weighted by Crippen LogP contribution is -2.02. The molecular formula is C10H9NO3S. The first kappa shape index (κ1) is 9.92. The van der Waals surface area contributed by atoms with Crippen LogP contribution in [0, 0.1) is 6.92 Å². The van der Waals surface area contributed by atoms with Gasteiger partial charge < -0.3 is 9.15 Å². The molecule has 0 fully saturated rings. The number of ether oxygens (including phenoxy) is 1. The third-order valence-corrected chi connectivity index (χ3v) is 2.89. The Morgan fingerprint density at radius 2 is 2.40 bits per heavy atom. The molecule has 5 heteroatoms. The van der Waals surface area contributed by atoms with E-state index in [-0.39, 0.29) is 0 Å². The molecule has 78 valence electrons. The molecular weight excluding hydrogens is 214 g/mol. The van der Waals surface area contributed by atoms with Gasteiger partial charge in [0, 0.05) is 4.88 Å². The number of carbonyl (C=O) groups is 1. The summed E-state index contributed by atoms with van der Waals surface area (Å²) in [4.78, 5) is 16.3. The van der Waals surface area contributed by atoms with Crippen molar-refractivity contribution in [3.63, 3.8) is 0 Å². The number of hydrogen-bond donors (Lipinski definition) is 0. The van der Waals surface area contributed by atoms with Gasteiger partial charge in [-0.1, -0.05) is 0 Å². The van der Waals surface area contributed by atoms with Gasteiger partial charge in [0.1, 0.15) is 0 Å². The summed E-state index contributed by atoms with van der Waals surface area (Å²) < 4.78 is 9.82. The van der Waals surface area contributed by atoms with Crippen LogP contribution in [0.3, 0.4) is 0 Å². The number of aromatic nitrogens is 1. The molecule has 2 aromatic rings. The van der Waals surface area contributed by atoms with E-state index in [1.54, 1.807) is 18.4 Å². The van der Waals surface area contributed by atoms with Crippen LogP contribution in [0.4, 0.5) is 0 Å². The van der Waals surface area contributed by atoms with Gasteiger partial charge in [0.2, 0.25) is 0 Å². The van der Waals surface area contributed by atoms with E-state index in [1.165, 1.54) is 18.4 Å². The second kappa shape index (κ2) is 3.86. The Morgan fingerprint density at radius 3 is 3.00 bits per heavy atom. The number of aryl methyl sites for hydroxylation is 1. The van der Waals surface area contributed by atoms with E-state index in [2.05, 4.69) is 9.72 Å². The molecule has 2 heterocycles. The first-order valence-corrected chi connectivity index (χ1v) is 5.13. The van der Waals surface area contributed by atoms with Crippen molar-refractivity contribution < 1.29 is 13.9 Å². The highest BCUT2D eigenvalue weighted by molar-refractivity contribution is 7.15. The zero-order valence-corrected chi connectivity index (χ0v) is 9.13. The number of rotatable bonds is 2. The quantitative estimate of drug-likeness (QED) is 0.734. The molecule has 4 nitrogen and oxygen atoms in total. The molecule has 15 heavy (non-hydrogen) atoms. The molecule has 0 N–H and O–H groups in total. The van der Waals surface area contributed by atoms with E-state index in [9.17, 15) is 4.79 Å². The summed E-state index contributed by atoms with van der Waals surface area (Å²) in [6.45, 7) is 1.83. The molecule has 0 aromatic carbocycles. The average Bonchev–Trinajstić information content (AvgIpc) is 2.84. The zero-order valence-electron chi connectivity index (χ0n) is 8.31. The largest absolute Gasteiger partial charge is 0.464 e. The van der Waals surface area contributed by atoms with Crippen molar-refractivity contribution in [2.45, 2.75) is 6.92 Å². The summed E-state index contributed by atoms with van der Waals surface area (Å²) in [6.07, 6.45) is 1.57. The first-order chi connectivity index (χ1) is 7.22. The highest BCUT2D eigenvalue weighted by Gasteiger charge is 2.17. The minimum atomic E-state index is -0.415. The van der Waals surface area contributed by atoms with Crippen LogP contribution in [0.5, 0.6) is 0 Å². The Balaban J connectivity index is 2.41. The second-order valence-electron chi connectivity index (χ2n) is 2.89. The predicted octanol–water partition coefficient (Wildman–Crippen LogP) is 2.50. The Bertz CT molecular complexity index is 473. The van der Waals surface area contributed by atoms with Crippen molar-refractivity contribution >= 4 is 17.3 Å². The highest BCUT2D eigenvalue weighted by Crippen LogP contribution is 2.27. The van der Waals surface area contributed by atoms with Crippen LogP contribution < -0.4 is 0 Å². The summed E-state index contributed by atoms with van der Waals surface area (Å²) in [7, 11) is 1.34. The van der Waals surface area contributed by atoms with Gasteiger partial charge in [-0.25, -0.2) is 9.78 Å². The Hall–Kier alpha value is -1.62. The van der Waals surface area contributed by atoms with Crippen molar-refractivity contribution in [2.24, 2.45) is 0 Å². The third kappa shape index (κ3) is 1.78. The predicted molar refractivity (Wildman–Crippen MR) is 55.9 cm³/mol. The number of nitrogens with zero attached hydrogens (tertiary/aromatic N) is 1. The maximum Gasteiger partial charge on any atom is 0.357 e. The Labute approximate surface area is 90.5 Å². The molecule has 0 bridgehead atoms. The van der Waals surface area contributed by atoms with Crippen LogP contribution in [0.2, 0.25) is 0 Å². The number of hydrogen-bond acceptors (Lipinski definition) is 5. The molecule has 0 aliphatic carbocycles. The van der Waals surface area contributed by atoms with Crippen LogP contribution in [-0.2, 0) is 4.74 Å². The molecule has 0 saturated heterocycles. The van der Waals surface area contributed by atoms with E-state index in [0.717, 1.165) is 4.88 Å². The van der Waals surface area contributed by atoms with E-state index in [1.807, 2.05) is 6.92 Å². The monoisotopic (exact) mass is 223 g/mol. The van der Waals surface area contributed by atoms with Crippen LogP contribution in [0.1, 0.15) is 15.4 Å². The normalized spacial score (nSPS) is 10.3. The third-order valence-electron chi connectivity index (χ3n) is 1.91. The molecule has 0 radical (unpaired) electrons. The van der Waals surface area contributed by atoms with Crippen molar-refractivity contribution in [1.29, 1.82) is 0 Å². The summed E-state index contributed by atoms with van der Waals surface area (Å²) in [5.74, 6) is 0.250. The van der Waals surface area contributed by atoms with Crippen molar-refractivity contribution in [2.75, 3.05) is 7.11 Å². The zero-order chi connectivity index (χ0) is 10.8. The van der Waals surface area contributed by atoms with Crippen LogP contribution in [-0.4, -0.2) is 18.1 Å². The average molecular weight is 223 g/mol. The molecule has 2 aromatic heterocycles. The van der Waals surface area contributed by atoms with Gasteiger partial charge in [-0.05, 0) is 19.1 Å². The standard InChI is InChI=1S/C10H9NO3S/c1-6-8(10(12)13-2)11-9(15-6)7-4-3-5-14-7/h3-5H,1-2H3.